The van der Waals surface area contributed by atoms with Crippen LogP contribution in [0.25, 0.3) is 0 Å². The van der Waals surface area contributed by atoms with Crippen molar-refractivity contribution >= 4 is 29.3 Å². The molecule has 7 rings (SSSR count). The van der Waals surface area contributed by atoms with Crippen molar-refractivity contribution in [2.75, 3.05) is 6.61 Å². The van der Waals surface area contributed by atoms with E-state index < -0.39 is 106 Å². The van der Waals surface area contributed by atoms with Crippen LogP contribution < -0.4 is 5.32 Å². The van der Waals surface area contributed by atoms with Crippen LogP contribution in [0.2, 0.25) is 0 Å². The van der Waals surface area contributed by atoms with Crippen molar-refractivity contribution < 1.29 is 63.8 Å². The van der Waals surface area contributed by atoms with Gasteiger partial charge in [0.2, 0.25) is 0 Å². The number of carbonyl (C=O) groups excluding carboxylic acids is 4. The van der Waals surface area contributed by atoms with Crippen LogP contribution in [0.4, 0.5) is 5.69 Å². The summed E-state index contributed by atoms with van der Waals surface area (Å²) >= 11 is 0. The Bertz CT molecular complexity index is 2200. The Morgan fingerprint density at radius 1 is 0.915 bits per heavy atom. The Morgan fingerprint density at radius 2 is 1.51 bits per heavy atom. The molecule has 4 aliphatic rings. The van der Waals surface area contributed by atoms with Crippen LogP contribution in [-0.4, -0.2) is 109 Å². The first-order valence-electron chi connectivity index (χ1n) is 19.2. The number of esters is 2. The Labute approximate surface area is 338 Å². The van der Waals surface area contributed by atoms with Crippen molar-refractivity contribution in [3.8, 4) is 0 Å². The fourth-order valence-corrected chi connectivity index (χ4v) is 9.68. The standard InChI is InChI=1S/C43H46N2O14/c1-22-27(58-39(52)33(48)31(23-15-17-26(18-16-23)45(55)56)44-37(50)24-11-7-5-8-12-24)20-43(54)36(59-38(51)25-13-9-6-10-14-25)34-41(4,28(46)19-29-42(34,53)21-57-29)35(49)32(47)30(22)40(43,2)3/h5-18,27-29,31-34,36,46-48,53-54H,19-21H2,1-4H3,(H,44,50)/t27?,28?,29?,31?,32?,33?,34?,36?,41-,42?,43?/m1/s1. The number of non-ortho nitro benzene ring substituents is 1. The van der Waals surface area contributed by atoms with Gasteiger partial charge in [-0.3, -0.25) is 19.7 Å². The van der Waals surface area contributed by atoms with E-state index in [1.165, 1.54) is 64.1 Å². The molecule has 59 heavy (non-hydrogen) atoms. The zero-order valence-corrected chi connectivity index (χ0v) is 32.7. The SMILES string of the molecule is CC1=C2C(O)C(=O)[C@]3(C)C(O)CC4OCC4(O)C3C(OC(=O)c3ccccc3)C(O)(CC1OC(=O)C(O)C(NC(=O)c1ccccc1)c1ccc([N+](=O)[O-])cc1)C2(C)C. The van der Waals surface area contributed by atoms with Crippen LogP contribution in [0.5, 0.6) is 0 Å². The number of aliphatic hydroxyl groups is 5. The molecule has 6 N–H and O–H groups in total. The minimum atomic E-state index is -2.37. The molecule has 1 saturated heterocycles. The molecule has 16 nitrogen and oxygen atoms in total. The highest BCUT2D eigenvalue weighted by Gasteiger charge is 2.76. The summed E-state index contributed by atoms with van der Waals surface area (Å²) in [7, 11) is 0. The van der Waals surface area contributed by atoms with Crippen molar-refractivity contribution in [3.63, 3.8) is 0 Å². The molecule has 2 saturated carbocycles. The maximum atomic E-state index is 14.7. The van der Waals surface area contributed by atoms with E-state index in [1.54, 1.807) is 36.4 Å². The number of aliphatic hydroxyl groups excluding tert-OH is 3. The summed E-state index contributed by atoms with van der Waals surface area (Å²) < 4.78 is 17.8. The van der Waals surface area contributed by atoms with Gasteiger partial charge in [0.1, 0.15) is 29.5 Å². The van der Waals surface area contributed by atoms with Crippen LogP contribution in [0.15, 0.2) is 96.1 Å². The number of ketones is 1. The lowest BCUT2D eigenvalue weighted by molar-refractivity contribution is -0.384. The number of nitrogens with one attached hydrogen (secondary N) is 1. The summed E-state index contributed by atoms with van der Waals surface area (Å²) in [6.45, 7) is 5.50. The second kappa shape index (κ2) is 15.0. The second-order valence-corrected chi connectivity index (χ2v) is 16.6. The van der Waals surface area contributed by atoms with Crippen LogP contribution in [0.3, 0.4) is 0 Å². The summed E-state index contributed by atoms with van der Waals surface area (Å²) in [5.74, 6) is -5.47. The van der Waals surface area contributed by atoms with Crippen LogP contribution in [0, 0.1) is 26.9 Å². The van der Waals surface area contributed by atoms with Gasteiger partial charge in [0.05, 0.1) is 40.8 Å². The van der Waals surface area contributed by atoms with E-state index in [2.05, 4.69) is 5.32 Å². The molecule has 1 amide bonds. The van der Waals surface area contributed by atoms with E-state index in [9.17, 15) is 54.8 Å². The predicted octanol–water partition coefficient (Wildman–Crippen LogP) is 2.50. The van der Waals surface area contributed by atoms with Gasteiger partial charge in [-0.05, 0) is 54.8 Å². The summed E-state index contributed by atoms with van der Waals surface area (Å²) in [6.07, 6.45) is -10.9. The summed E-state index contributed by atoms with van der Waals surface area (Å²) in [4.78, 5) is 66.9. The predicted molar refractivity (Wildman–Crippen MR) is 205 cm³/mol. The molecular weight excluding hydrogens is 768 g/mol. The van der Waals surface area contributed by atoms with Gasteiger partial charge < -0.3 is 45.1 Å². The molecule has 2 bridgehead atoms. The highest BCUT2D eigenvalue weighted by molar-refractivity contribution is 5.95. The minimum Gasteiger partial charge on any atom is -0.456 e. The first kappa shape index (κ1) is 41.8. The topological polar surface area (TPSA) is 252 Å². The molecule has 1 aliphatic heterocycles. The van der Waals surface area contributed by atoms with Gasteiger partial charge >= 0.3 is 11.9 Å². The third-order valence-corrected chi connectivity index (χ3v) is 13.2. The molecule has 1 heterocycles. The number of ether oxygens (including phenoxy) is 3. The number of nitrogens with zero attached hydrogens (tertiary/aromatic N) is 1. The van der Waals surface area contributed by atoms with Gasteiger partial charge in [-0.2, -0.15) is 0 Å². The van der Waals surface area contributed by atoms with Gasteiger partial charge in [0.15, 0.2) is 11.9 Å². The molecule has 3 fully saturated rings. The number of carbonyl (C=O) groups is 4. The number of nitro benzene ring substituents is 1. The highest BCUT2D eigenvalue weighted by atomic mass is 16.6. The highest BCUT2D eigenvalue weighted by Crippen LogP contribution is 2.63. The van der Waals surface area contributed by atoms with Gasteiger partial charge in [-0.15, -0.1) is 0 Å². The molecule has 0 radical (unpaired) electrons. The number of hydrogen-bond acceptors (Lipinski definition) is 14. The number of benzene rings is 3. The first-order valence-corrected chi connectivity index (χ1v) is 19.2. The average molecular weight is 815 g/mol. The van der Waals surface area contributed by atoms with Crippen molar-refractivity contribution in [2.45, 2.75) is 94.4 Å². The monoisotopic (exact) mass is 814 g/mol. The molecule has 0 spiro atoms. The molecule has 312 valence electrons. The van der Waals surface area contributed by atoms with Crippen LogP contribution >= 0.6 is 0 Å². The Kier molecular flexibility index (Phi) is 10.6. The minimum absolute atomic E-state index is 0.0671. The number of amides is 1. The molecule has 0 aromatic heterocycles. The van der Waals surface area contributed by atoms with Crippen LogP contribution in [-0.2, 0) is 23.8 Å². The number of fused-ring (bicyclic) bond motifs is 5. The number of rotatable bonds is 9. The van der Waals surface area contributed by atoms with E-state index in [-0.39, 0.29) is 46.6 Å². The molecule has 3 aromatic rings. The number of nitro groups is 1. The van der Waals surface area contributed by atoms with Gasteiger partial charge in [-0.1, -0.05) is 62.4 Å². The Morgan fingerprint density at radius 3 is 2.07 bits per heavy atom. The fourth-order valence-electron chi connectivity index (χ4n) is 9.68. The second-order valence-electron chi connectivity index (χ2n) is 16.6. The van der Waals surface area contributed by atoms with Gasteiger partial charge in [0.25, 0.3) is 11.6 Å². The van der Waals surface area contributed by atoms with E-state index in [0.29, 0.717) is 0 Å². The molecule has 3 aromatic carbocycles. The third-order valence-electron chi connectivity index (χ3n) is 13.2. The van der Waals surface area contributed by atoms with E-state index in [1.807, 2.05) is 0 Å². The lowest BCUT2D eigenvalue weighted by atomic mass is 9.44. The zero-order chi connectivity index (χ0) is 42.8. The van der Waals surface area contributed by atoms with Crippen LogP contribution in [0.1, 0.15) is 72.9 Å². The van der Waals surface area contributed by atoms with E-state index >= 15 is 0 Å². The van der Waals surface area contributed by atoms with Crippen molar-refractivity contribution in [1.82, 2.24) is 5.32 Å². The smallest absolute Gasteiger partial charge is 0.338 e. The summed E-state index contributed by atoms with van der Waals surface area (Å²) in [6, 6.07) is 18.9. The van der Waals surface area contributed by atoms with Gasteiger partial charge in [-0.25, -0.2) is 9.59 Å². The lowest BCUT2D eigenvalue weighted by Gasteiger charge is -2.66. The largest absolute Gasteiger partial charge is 0.456 e. The zero-order valence-electron chi connectivity index (χ0n) is 32.7. The van der Waals surface area contributed by atoms with E-state index in [0.717, 1.165) is 12.1 Å². The number of hydrogen-bond donors (Lipinski definition) is 6. The lowest BCUT2D eigenvalue weighted by Crippen LogP contribution is -2.81. The van der Waals surface area contributed by atoms with Crippen molar-refractivity contribution in [3.05, 3.63) is 123 Å². The molecule has 3 aliphatic carbocycles. The molecular formula is C43H46N2O14. The van der Waals surface area contributed by atoms with E-state index in [4.69, 9.17) is 14.2 Å². The summed E-state index contributed by atoms with van der Waals surface area (Å²) in [5.41, 5.74) is -7.91. The third kappa shape index (κ3) is 6.63. The molecule has 11 atom stereocenters. The fraction of sp³-hybridized carbons (Fsp3) is 0.442. The number of Topliss-reactive ketones (excluding diaryl/α,β-unsaturated/α-hetero) is 1. The Balaban J connectivity index is 1.31. The maximum absolute atomic E-state index is 14.7. The average Bonchev–Trinajstić information content (AvgIpc) is 3.21. The molecule has 16 heteroatoms. The van der Waals surface area contributed by atoms with Gasteiger partial charge in [0, 0.05) is 41.9 Å². The summed E-state index contributed by atoms with van der Waals surface area (Å²) in [5, 5.41) is 74.9. The normalized spacial score (nSPS) is 33.1. The van der Waals surface area contributed by atoms with Crippen molar-refractivity contribution in [1.29, 1.82) is 0 Å². The maximum Gasteiger partial charge on any atom is 0.338 e. The molecule has 10 unspecified atom stereocenters. The first-order chi connectivity index (χ1) is 27.8. The Hall–Kier alpha value is -5.36. The van der Waals surface area contributed by atoms with Crippen molar-refractivity contribution in [2.24, 2.45) is 16.7 Å². The quantitative estimate of drug-likeness (QED) is 0.0786.